The van der Waals surface area contributed by atoms with Gasteiger partial charge < -0.3 is 15.0 Å². The first-order chi connectivity index (χ1) is 17.7. The highest BCUT2D eigenvalue weighted by Crippen LogP contribution is 2.32. The van der Waals surface area contributed by atoms with Crippen molar-refractivity contribution in [1.29, 1.82) is 0 Å². The first kappa shape index (κ1) is 26.9. The van der Waals surface area contributed by atoms with E-state index in [1.165, 1.54) is 20.3 Å². The lowest BCUT2D eigenvalue weighted by atomic mass is 10.1. The molecule has 0 spiro atoms. The van der Waals surface area contributed by atoms with Crippen LogP contribution < -0.4 is 15.0 Å². The van der Waals surface area contributed by atoms with E-state index in [2.05, 4.69) is 15.2 Å². The molecule has 1 aliphatic heterocycles. The summed E-state index contributed by atoms with van der Waals surface area (Å²) in [5, 5.41) is 3.99. The number of carbonyl (C=O) groups excluding carboxylic acids is 1. The molecule has 37 heavy (non-hydrogen) atoms. The molecule has 1 aromatic heterocycles. The Kier molecular flexibility index (Phi) is 8.36. The summed E-state index contributed by atoms with van der Waals surface area (Å²) in [5.74, 6) is 1.51. The Morgan fingerprint density at radius 2 is 1.76 bits per heavy atom. The number of nitrogens with zero attached hydrogens (tertiary/aromatic N) is 3. The maximum atomic E-state index is 12.8. The Balaban J connectivity index is 1.56. The van der Waals surface area contributed by atoms with Crippen molar-refractivity contribution in [3.05, 3.63) is 71.4 Å². The number of nitrogens with one attached hydrogen (secondary N) is 1. The molecule has 0 saturated carbocycles. The van der Waals surface area contributed by atoms with Crippen molar-refractivity contribution in [3.8, 4) is 5.75 Å². The molecule has 1 N–H and O–H groups in total. The maximum Gasteiger partial charge on any atom is 0.244 e. The van der Waals surface area contributed by atoms with Gasteiger partial charge in [-0.2, -0.15) is 0 Å². The molecule has 0 radical (unpaired) electrons. The van der Waals surface area contributed by atoms with E-state index in [9.17, 15) is 13.2 Å². The standard InChI is InChI=1S/C27H31ClN4O4S/c1-4-26(33)19-5-9-21(10-6-19)30-25-17-24(37(34,35)31(2)3)18-29-27(25)32-15-13-23(14-16-32)36-22-11-7-20(28)8-12-22/h5-12,17-18,23,30H,4,13-16H2,1-3H3. The van der Waals surface area contributed by atoms with Crippen LogP contribution in [0.5, 0.6) is 5.75 Å². The minimum atomic E-state index is -3.67. The molecular formula is C27H31ClN4O4S. The molecule has 10 heteroatoms. The normalized spacial score (nSPS) is 14.6. The van der Waals surface area contributed by atoms with Crippen LogP contribution in [0.15, 0.2) is 65.7 Å². The van der Waals surface area contributed by atoms with Crippen LogP contribution in [-0.2, 0) is 10.0 Å². The zero-order valence-corrected chi connectivity index (χ0v) is 22.7. The number of hydrogen-bond donors (Lipinski definition) is 1. The average molecular weight is 543 g/mol. The highest BCUT2D eigenvalue weighted by molar-refractivity contribution is 7.89. The first-order valence-electron chi connectivity index (χ1n) is 12.2. The van der Waals surface area contributed by atoms with Gasteiger partial charge in [0.1, 0.15) is 16.7 Å². The molecule has 196 valence electrons. The molecule has 2 heterocycles. The summed E-state index contributed by atoms with van der Waals surface area (Å²) in [5.41, 5.74) is 1.95. The van der Waals surface area contributed by atoms with Gasteiger partial charge in [-0.05, 0) is 54.6 Å². The molecule has 0 bridgehead atoms. The fraction of sp³-hybridized carbons (Fsp3) is 0.333. The number of anilines is 3. The lowest BCUT2D eigenvalue weighted by Gasteiger charge is -2.34. The van der Waals surface area contributed by atoms with Gasteiger partial charge >= 0.3 is 0 Å². The Labute approximate surface area is 223 Å². The fourth-order valence-corrected chi connectivity index (χ4v) is 5.12. The molecular weight excluding hydrogens is 512 g/mol. The number of benzene rings is 2. The summed E-state index contributed by atoms with van der Waals surface area (Å²) in [6.45, 7) is 3.22. The average Bonchev–Trinajstić information content (AvgIpc) is 2.90. The number of Topliss-reactive ketones (excluding diaryl/α,β-unsaturated/α-hetero) is 1. The quantitative estimate of drug-likeness (QED) is 0.363. The van der Waals surface area contributed by atoms with Crippen LogP contribution in [-0.4, -0.2) is 56.8 Å². The summed E-state index contributed by atoms with van der Waals surface area (Å²) in [4.78, 5) is 18.8. The maximum absolute atomic E-state index is 12.8. The first-order valence-corrected chi connectivity index (χ1v) is 14.0. The van der Waals surface area contributed by atoms with Crippen molar-refractivity contribution < 1.29 is 17.9 Å². The number of sulfonamides is 1. The number of ketones is 1. The zero-order valence-electron chi connectivity index (χ0n) is 21.1. The van der Waals surface area contributed by atoms with E-state index in [0.29, 0.717) is 41.6 Å². The monoisotopic (exact) mass is 542 g/mol. The van der Waals surface area contributed by atoms with Crippen LogP contribution in [0.2, 0.25) is 5.02 Å². The largest absolute Gasteiger partial charge is 0.490 e. The Morgan fingerprint density at radius 1 is 1.11 bits per heavy atom. The number of carbonyl (C=O) groups is 1. The predicted octanol–water partition coefficient (Wildman–Crippen LogP) is 5.37. The van der Waals surface area contributed by atoms with Crippen molar-refractivity contribution >= 4 is 44.6 Å². The van der Waals surface area contributed by atoms with Crippen molar-refractivity contribution in [2.75, 3.05) is 37.4 Å². The second-order valence-electron chi connectivity index (χ2n) is 9.07. The number of aromatic nitrogens is 1. The second-order valence-corrected chi connectivity index (χ2v) is 11.7. The molecule has 0 aliphatic carbocycles. The van der Waals surface area contributed by atoms with Gasteiger partial charge in [0.05, 0.1) is 5.69 Å². The molecule has 0 amide bonds. The van der Waals surface area contributed by atoms with Crippen molar-refractivity contribution in [2.24, 2.45) is 0 Å². The fourth-order valence-electron chi connectivity index (χ4n) is 4.12. The minimum absolute atomic E-state index is 0.0610. The smallest absolute Gasteiger partial charge is 0.244 e. The molecule has 1 saturated heterocycles. The summed E-state index contributed by atoms with van der Waals surface area (Å²) in [7, 11) is -0.686. The van der Waals surface area contributed by atoms with Gasteiger partial charge in [-0.1, -0.05) is 18.5 Å². The number of ether oxygens (including phenoxy) is 1. The highest BCUT2D eigenvalue weighted by atomic mass is 35.5. The number of hydrogen-bond acceptors (Lipinski definition) is 7. The van der Waals surface area contributed by atoms with Gasteiger partial charge in [-0.25, -0.2) is 17.7 Å². The SMILES string of the molecule is CCC(=O)c1ccc(Nc2cc(S(=O)(=O)N(C)C)cnc2N2CCC(Oc3ccc(Cl)cc3)CC2)cc1. The summed E-state index contributed by atoms with van der Waals surface area (Å²) >= 11 is 5.97. The van der Waals surface area contributed by atoms with Crippen LogP contribution in [0.1, 0.15) is 36.5 Å². The number of rotatable bonds is 9. The third kappa shape index (κ3) is 6.41. The molecule has 0 atom stereocenters. The van der Waals surface area contributed by atoms with E-state index in [4.69, 9.17) is 16.3 Å². The van der Waals surface area contributed by atoms with Crippen LogP contribution in [0, 0.1) is 0 Å². The van der Waals surface area contributed by atoms with E-state index >= 15 is 0 Å². The predicted molar refractivity (Wildman–Crippen MR) is 147 cm³/mol. The van der Waals surface area contributed by atoms with Gasteiger partial charge in [0.15, 0.2) is 11.6 Å². The Bertz CT molecular complexity index is 1340. The lowest BCUT2D eigenvalue weighted by molar-refractivity contribution is 0.0988. The number of piperidine rings is 1. The molecule has 1 aliphatic rings. The lowest BCUT2D eigenvalue weighted by Crippen LogP contribution is -2.39. The number of pyridine rings is 1. The topological polar surface area (TPSA) is 91.8 Å². The highest BCUT2D eigenvalue weighted by Gasteiger charge is 2.26. The van der Waals surface area contributed by atoms with Crippen molar-refractivity contribution in [2.45, 2.75) is 37.2 Å². The third-order valence-corrected chi connectivity index (χ3v) is 8.32. The van der Waals surface area contributed by atoms with E-state index in [1.807, 2.05) is 43.3 Å². The zero-order chi connectivity index (χ0) is 26.6. The van der Waals surface area contributed by atoms with E-state index < -0.39 is 10.0 Å². The Morgan fingerprint density at radius 3 is 2.35 bits per heavy atom. The third-order valence-electron chi connectivity index (χ3n) is 6.29. The van der Waals surface area contributed by atoms with Crippen LogP contribution >= 0.6 is 11.6 Å². The van der Waals surface area contributed by atoms with Crippen LogP contribution in [0.25, 0.3) is 0 Å². The van der Waals surface area contributed by atoms with Crippen molar-refractivity contribution in [3.63, 3.8) is 0 Å². The van der Waals surface area contributed by atoms with Gasteiger partial charge in [0, 0.05) is 68.9 Å². The van der Waals surface area contributed by atoms with Gasteiger partial charge in [-0.3, -0.25) is 4.79 Å². The van der Waals surface area contributed by atoms with E-state index in [1.54, 1.807) is 18.2 Å². The molecule has 3 aromatic rings. The molecule has 0 unspecified atom stereocenters. The van der Waals surface area contributed by atoms with Gasteiger partial charge in [-0.15, -0.1) is 0 Å². The molecule has 1 fully saturated rings. The minimum Gasteiger partial charge on any atom is -0.490 e. The van der Waals surface area contributed by atoms with Gasteiger partial charge in [0.2, 0.25) is 10.0 Å². The molecule has 2 aromatic carbocycles. The summed E-state index contributed by atoms with van der Waals surface area (Å²) in [6.07, 6.45) is 3.47. The van der Waals surface area contributed by atoms with E-state index in [0.717, 1.165) is 28.6 Å². The Hall–Kier alpha value is -3.14. The van der Waals surface area contributed by atoms with E-state index in [-0.39, 0.29) is 16.8 Å². The van der Waals surface area contributed by atoms with Crippen molar-refractivity contribution in [1.82, 2.24) is 9.29 Å². The summed E-state index contributed by atoms with van der Waals surface area (Å²) in [6, 6.07) is 16.1. The number of halogens is 1. The van der Waals surface area contributed by atoms with Crippen LogP contribution in [0.4, 0.5) is 17.2 Å². The molecule has 4 rings (SSSR count). The summed E-state index contributed by atoms with van der Waals surface area (Å²) < 4.78 is 32.9. The molecule has 8 nitrogen and oxygen atoms in total. The van der Waals surface area contributed by atoms with Gasteiger partial charge in [0.25, 0.3) is 0 Å². The van der Waals surface area contributed by atoms with Crippen LogP contribution in [0.3, 0.4) is 0 Å². The second kappa shape index (κ2) is 11.5.